The number of rotatable bonds is 3. The summed E-state index contributed by atoms with van der Waals surface area (Å²) in [7, 11) is 0. The Morgan fingerprint density at radius 3 is 2.28 bits per heavy atom. The monoisotopic (exact) mass is 247 g/mol. The van der Waals surface area contributed by atoms with E-state index in [4.69, 9.17) is 5.11 Å². The summed E-state index contributed by atoms with van der Waals surface area (Å²) < 4.78 is 0. The average molecular weight is 247 g/mol. The second kappa shape index (κ2) is 4.53. The molecule has 4 heteroatoms. The molecule has 96 valence electrons. The van der Waals surface area contributed by atoms with Crippen molar-refractivity contribution in [3.05, 3.63) is 29.8 Å². The third kappa shape index (κ3) is 2.16. The topological polar surface area (TPSA) is 57.6 Å². The van der Waals surface area contributed by atoms with Crippen molar-refractivity contribution in [1.29, 1.82) is 0 Å². The molecule has 1 aromatic carbocycles. The summed E-state index contributed by atoms with van der Waals surface area (Å²) >= 11 is 0. The molecule has 0 unspecified atom stereocenters. The molecule has 2 amide bonds. The molecule has 1 saturated heterocycles. The maximum Gasteiger partial charge on any atom is 0.239 e. The van der Waals surface area contributed by atoms with Gasteiger partial charge < -0.3 is 5.11 Å². The fourth-order valence-corrected chi connectivity index (χ4v) is 2.15. The van der Waals surface area contributed by atoms with Crippen LogP contribution in [0.15, 0.2) is 24.3 Å². The number of amides is 2. The molecule has 1 N–H and O–H groups in total. The van der Waals surface area contributed by atoms with Gasteiger partial charge in [0.05, 0.1) is 11.1 Å². The summed E-state index contributed by atoms with van der Waals surface area (Å²) in [5, 5.41) is 8.83. The molecular formula is C14H17NO3. The van der Waals surface area contributed by atoms with E-state index in [1.54, 1.807) is 26.0 Å². The van der Waals surface area contributed by atoms with Crippen LogP contribution in [0.1, 0.15) is 25.8 Å². The minimum absolute atomic E-state index is 0.0912. The highest BCUT2D eigenvalue weighted by atomic mass is 16.3. The van der Waals surface area contributed by atoms with Crippen LogP contribution < -0.4 is 4.90 Å². The van der Waals surface area contributed by atoms with Gasteiger partial charge in [-0.05, 0) is 24.1 Å². The van der Waals surface area contributed by atoms with Crippen molar-refractivity contribution < 1.29 is 14.7 Å². The lowest BCUT2D eigenvalue weighted by atomic mass is 9.92. The normalized spacial score (nSPS) is 18.5. The molecular weight excluding hydrogens is 230 g/mol. The quantitative estimate of drug-likeness (QED) is 0.824. The Kier molecular flexibility index (Phi) is 3.22. The largest absolute Gasteiger partial charge is 0.396 e. The third-order valence-electron chi connectivity index (χ3n) is 3.22. The molecule has 1 aromatic rings. The molecule has 0 bridgehead atoms. The van der Waals surface area contributed by atoms with Gasteiger partial charge in [-0.1, -0.05) is 26.0 Å². The van der Waals surface area contributed by atoms with Crippen molar-refractivity contribution >= 4 is 17.5 Å². The standard InChI is InChI=1S/C14H17NO3/c1-14(2)9-12(17)15(13(14)18)11-5-3-10(4-6-11)7-8-16/h3-6,16H,7-9H2,1-2H3. The maximum absolute atomic E-state index is 12.1. The smallest absolute Gasteiger partial charge is 0.239 e. The number of aliphatic hydroxyl groups is 1. The van der Waals surface area contributed by atoms with Crippen LogP contribution in [0.25, 0.3) is 0 Å². The maximum atomic E-state index is 12.1. The highest BCUT2D eigenvalue weighted by molar-refractivity contribution is 6.22. The van der Waals surface area contributed by atoms with Crippen LogP contribution in [0.2, 0.25) is 0 Å². The van der Waals surface area contributed by atoms with Crippen LogP contribution in [0.5, 0.6) is 0 Å². The predicted octanol–water partition coefficient (Wildman–Crippen LogP) is 1.51. The lowest BCUT2D eigenvalue weighted by Gasteiger charge is -2.18. The van der Waals surface area contributed by atoms with Gasteiger partial charge in [0.1, 0.15) is 0 Å². The van der Waals surface area contributed by atoms with Crippen molar-refractivity contribution in [2.24, 2.45) is 5.41 Å². The first-order valence-electron chi connectivity index (χ1n) is 6.03. The van der Waals surface area contributed by atoms with E-state index in [2.05, 4.69) is 0 Å². The molecule has 0 spiro atoms. The lowest BCUT2D eigenvalue weighted by Crippen LogP contribution is -2.32. The Morgan fingerprint density at radius 2 is 1.83 bits per heavy atom. The number of hydrogen-bond donors (Lipinski definition) is 1. The number of hydrogen-bond acceptors (Lipinski definition) is 3. The molecule has 0 radical (unpaired) electrons. The predicted molar refractivity (Wildman–Crippen MR) is 68.1 cm³/mol. The zero-order valence-corrected chi connectivity index (χ0v) is 10.6. The molecule has 1 heterocycles. The highest BCUT2D eigenvalue weighted by Crippen LogP contribution is 2.34. The fraction of sp³-hybridized carbons (Fsp3) is 0.429. The second-order valence-corrected chi connectivity index (χ2v) is 5.24. The van der Waals surface area contributed by atoms with Crippen LogP contribution in [-0.4, -0.2) is 23.5 Å². The lowest BCUT2D eigenvalue weighted by molar-refractivity contribution is -0.124. The van der Waals surface area contributed by atoms with E-state index >= 15 is 0 Å². The Labute approximate surface area is 106 Å². The SMILES string of the molecule is CC1(C)CC(=O)N(c2ccc(CCO)cc2)C1=O. The number of imide groups is 1. The molecule has 4 nitrogen and oxygen atoms in total. The van der Waals surface area contributed by atoms with E-state index in [0.717, 1.165) is 5.56 Å². The molecule has 1 aliphatic rings. The first-order chi connectivity index (χ1) is 8.45. The minimum Gasteiger partial charge on any atom is -0.396 e. The van der Waals surface area contributed by atoms with Crippen molar-refractivity contribution in [2.75, 3.05) is 11.5 Å². The van der Waals surface area contributed by atoms with E-state index in [1.807, 2.05) is 12.1 Å². The number of aliphatic hydroxyl groups excluding tert-OH is 1. The Bertz CT molecular complexity index is 476. The van der Waals surface area contributed by atoms with Crippen LogP contribution in [0, 0.1) is 5.41 Å². The number of carbonyl (C=O) groups is 2. The van der Waals surface area contributed by atoms with Gasteiger partial charge in [0, 0.05) is 13.0 Å². The first-order valence-corrected chi connectivity index (χ1v) is 6.03. The second-order valence-electron chi connectivity index (χ2n) is 5.24. The van der Waals surface area contributed by atoms with E-state index in [1.165, 1.54) is 4.90 Å². The van der Waals surface area contributed by atoms with Gasteiger partial charge in [-0.25, -0.2) is 0 Å². The molecule has 0 saturated carbocycles. The number of nitrogens with zero attached hydrogens (tertiary/aromatic N) is 1. The van der Waals surface area contributed by atoms with Gasteiger partial charge in [-0.3, -0.25) is 14.5 Å². The molecule has 2 rings (SSSR count). The number of anilines is 1. The van der Waals surface area contributed by atoms with Crippen LogP contribution in [0.4, 0.5) is 5.69 Å². The van der Waals surface area contributed by atoms with Crippen molar-refractivity contribution in [2.45, 2.75) is 26.7 Å². The fourth-order valence-electron chi connectivity index (χ4n) is 2.15. The minimum atomic E-state index is -0.610. The molecule has 0 atom stereocenters. The van der Waals surface area contributed by atoms with Gasteiger partial charge in [0.25, 0.3) is 0 Å². The first kappa shape index (κ1) is 12.8. The number of carbonyl (C=O) groups excluding carboxylic acids is 2. The van der Waals surface area contributed by atoms with Crippen LogP contribution >= 0.6 is 0 Å². The van der Waals surface area contributed by atoms with Gasteiger partial charge in [-0.15, -0.1) is 0 Å². The Morgan fingerprint density at radius 1 is 1.22 bits per heavy atom. The van der Waals surface area contributed by atoms with Gasteiger partial charge in [-0.2, -0.15) is 0 Å². The van der Waals surface area contributed by atoms with E-state index in [-0.39, 0.29) is 24.8 Å². The molecule has 1 fully saturated rings. The van der Waals surface area contributed by atoms with E-state index < -0.39 is 5.41 Å². The summed E-state index contributed by atoms with van der Waals surface area (Å²) in [4.78, 5) is 25.2. The zero-order valence-electron chi connectivity index (χ0n) is 10.6. The summed E-state index contributed by atoms with van der Waals surface area (Å²) in [6.45, 7) is 3.66. The van der Waals surface area contributed by atoms with Crippen molar-refractivity contribution in [1.82, 2.24) is 0 Å². The molecule has 0 aliphatic carbocycles. The van der Waals surface area contributed by atoms with Crippen LogP contribution in [-0.2, 0) is 16.0 Å². The van der Waals surface area contributed by atoms with Gasteiger partial charge in [0.2, 0.25) is 11.8 Å². The molecule has 1 aliphatic heterocycles. The van der Waals surface area contributed by atoms with E-state index in [0.29, 0.717) is 12.1 Å². The Balaban J connectivity index is 2.26. The third-order valence-corrected chi connectivity index (χ3v) is 3.22. The summed E-state index contributed by atoms with van der Waals surface area (Å²) in [6.07, 6.45) is 0.831. The summed E-state index contributed by atoms with van der Waals surface area (Å²) in [6, 6.07) is 7.17. The average Bonchev–Trinajstić information content (AvgIpc) is 2.50. The highest BCUT2D eigenvalue weighted by Gasteiger charge is 2.45. The zero-order chi connectivity index (χ0) is 13.3. The van der Waals surface area contributed by atoms with E-state index in [9.17, 15) is 9.59 Å². The van der Waals surface area contributed by atoms with Gasteiger partial charge in [0.15, 0.2) is 0 Å². The van der Waals surface area contributed by atoms with Crippen LogP contribution in [0.3, 0.4) is 0 Å². The summed E-state index contributed by atoms with van der Waals surface area (Å²) in [5.41, 5.74) is 0.984. The van der Waals surface area contributed by atoms with Gasteiger partial charge >= 0.3 is 0 Å². The Hall–Kier alpha value is -1.68. The molecule has 0 aromatic heterocycles. The summed E-state index contributed by atoms with van der Waals surface area (Å²) in [5.74, 6) is -0.303. The molecule has 18 heavy (non-hydrogen) atoms. The van der Waals surface area contributed by atoms with Crippen molar-refractivity contribution in [3.8, 4) is 0 Å². The number of benzene rings is 1. The van der Waals surface area contributed by atoms with Crippen molar-refractivity contribution in [3.63, 3.8) is 0 Å².